The molecule has 0 aliphatic rings. The third kappa shape index (κ3) is 2.27. The smallest absolute Gasteiger partial charge is 0.243 e. The van der Waals surface area contributed by atoms with E-state index in [2.05, 4.69) is 22.9 Å². The monoisotopic (exact) mass is 149 g/mol. The Morgan fingerprint density at radius 1 is 2.00 bits per heavy atom. The van der Waals surface area contributed by atoms with Crippen molar-refractivity contribution >= 4 is 21.7 Å². The van der Waals surface area contributed by atoms with E-state index in [9.17, 15) is 4.79 Å². The maximum absolute atomic E-state index is 9.99. The summed E-state index contributed by atoms with van der Waals surface area (Å²) >= 11 is 3.03. The summed E-state index contributed by atoms with van der Waals surface area (Å²) in [5, 5.41) is 0. The fourth-order valence-electron chi connectivity index (χ4n) is 0. The van der Waals surface area contributed by atoms with Crippen molar-refractivity contribution in [3.63, 3.8) is 0 Å². The SMILES string of the molecule is [CH2+]C(=O)C(C)Br. The molecule has 0 bridgehead atoms. The minimum atomic E-state index is -0.0856. The first-order valence-electron chi connectivity index (χ1n) is 1.64. The van der Waals surface area contributed by atoms with Crippen molar-refractivity contribution in [3.05, 3.63) is 6.92 Å². The molecule has 0 spiro atoms. The van der Waals surface area contributed by atoms with Crippen LogP contribution >= 0.6 is 15.9 Å². The molecular formula is C4H6BrO+. The summed E-state index contributed by atoms with van der Waals surface area (Å²) in [4.78, 5) is 9.90. The van der Waals surface area contributed by atoms with E-state index in [1.807, 2.05) is 0 Å². The third-order valence-electron chi connectivity index (χ3n) is 0.444. The molecule has 0 N–H and O–H groups in total. The Balaban J connectivity index is 3.26. The largest absolute Gasteiger partial charge is 0.316 e. The van der Waals surface area contributed by atoms with Gasteiger partial charge in [-0.2, -0.15) is 0 Å². The van der Waals surface area contributed by atoms with Crippen LogP contribution in [-0.2, 0) is 4.79 Å². The molecule has 1 nitrogen and oxygen atoms in total. The molecule has 34 valence electrons. The van der Waals surface area contributed by atoms with Crippen molar-refractivity contribution in [1.82, 2.24) is 0 Å². The van der Waals surface area contributed by atoms with Gasteiger partial charge in [0.05, 0.1) is 0 Å². The lowest BCUT2D eigenvalue weighted by molar-refractivity contribution is -0.114. The molecule has 0 saturated carbocycles. The van der Waals surface area contributed by atoms with E-state index in [-0.39, 0.29) is 10.6 Å². The van der Waals surface area contributed by atoms with E-state index in [0.717, 1.165) is 0 Å². The van der Waals surface area contributed by atoms with Gasteiger partial charge in [0, 0.05) is 0 Å². The van der Waals surface area contributed by atoms with Gasteiger partial charge >= 0.3 is 5.78 Å². The van der Waals surface area contributed by atoms with Gasteiger partial charge in [-0.15, -0.1) is 0 Å². The number of rotatable bonds is 1. The Bertz CT molecular complexity index is 58.6. The highest BCUT2D eigenvalue weighted by Gasteiger charge is 2.06. The van der Waals surface area contributed by atoms with Crippen LogP contribution in [0.2, 0.25) is 0 Å². The number of hydrogen-bond donors (Lipinski definition) is 0. The highest BCUT2D eigenvalue weighted by molar-refractivity contribution is 9.10. The Hall–Kier alpha value is 0.0200. The van der Waals surface area contributed by atoms with Crippen LogP contribution < -0.4 is 0 Å². The van der Waals surface area contributed by atoms with Gasteiger partial charge in [-0.3, -0.25) is 0 Å². The molecule has 2 heteroatoms. The van der Waals surface area contributed by atoms with E-state index in [1.165, 1.54) is 0 Å². The zero-order chi connectivity index (χ0) is 5.15. The van der Waals surface area contributed by atoms with Crippen molar-refractivity contribution in [2.45, 2.75) is 11.8 Å². The van der Waals surface area contributed by atoms with Crippen LogP contribution in [0.5, 0.6) is 0 Å². The lowest BCUT2D eigenvalue weighted by atomic mass is 10.4. The van der Waals surface area contributed by atoms with Gasteiger partial charge in [0.15, 0.2) is 0 Å². The summed E-state index contributed by atoms with van der Waals surface area (Å²) in [6.45, 7) is 4.90. The molecule has 0 aromatic heterocycles. The molecule has 0 aromatic carbocycles. The summed E-state index contributed by atoms with van der Waals surface area (Å²) in [6, 6.07) is 0. The topological polar surface area (TPSA) is 17.1 Å². The van der Waals surface area contributed by atoms with E-state index >= 15 is 0 Å². The van der Waals surface area contributed by atoms with Crippen LogP contribution in [0.25, 0.3) is 0 Å². The second-order valence-corrected chi connectivity index (χ2v) is 2.46. The van der Waals surface area contributed by atoms with Crippen molar-refractivity contribution < 1.29 is 4.79 Å². The van der Waals surface area contributed by atoms with Crippen molar-refractivity contribution in [1.29, 1.82) is 0 Å². The number of carbonyl (C=O) groups is 1. The Kier molecular flexibility index (Phi) is 2.25. The minimum Gasteiger partial charge on any atom is -0.243 e. The highest BCUT2D eigenvalue weighted by Crippen LogP contribution is 1.95. The second-order valence-electron chi connectivity index (χ2n) is 1.08. The molecule has 6 heavy (non-hydrogen) atoms. The van der Waals surface area contributed by atoms with E-state index in [1.54, 1.807) is 6.92 Å². The van der Waals surface area contributed by atoms with Crippen LogP contribution in [0, 0.1) is 6.92 Å². The number of Topliss-reactive ketones (excluding diaryl/α,β-unsaturated/α-hetero) is 1. The van der Waals surface area contributed by atoms with Crippen molar-refractivity contribution in [3.8, 4) is 0 Å². The van der Waals surface area contributed by atoms with E-state index in [0.29, 0.717) is 0 Å². The molecule has 0 rings (SSSR count). The molecule has 0 aromatic rings. The first-order chi connectivity index (χ1) is 2.64. The van der Waals surface area contributed by atoms with E-state index in [4.69, 9.17) is 0 Å². The summed E-state index contributed by atoms with van der Waals surface area (Å²) < 4.78 is 0. The summed E-state index contributed by atoms with van der Waals surface area (Å²) in [6.07, 6.45) is 0. The normalized spacial score (nSPS) is 13.7. The van der Waals surface area contributed by atoms with Gasteiger partial charge < -0.3 is 0 Å². The number of halogens is 1. The van der Waals surface area contributed by atoms with Crippen molar-refractivity contribution in [2.24, 2.45) is 0 Å². The molecular weight excluding hydrogens is 144 g/mol. The van der Waals surface area contributed by atoms with Crippen molar-refractivity contribution in [2.75, 3.05) is 0 Å². The predicted octanol–water partition coefficient (Wildman–Crippen LogP) is 1.17. The Morgan fingerprint density at radius 3 is 2.17 bits per heavy atom. The second kappa shape index (κ2) is 2.24. The third-order valence-corrected chi connectivity index (χ3v) is 0.954. The van der Waals surface area contributed by atoms with Crippen LogP contribution in [0.15, 0.2) is 0 Å². The Morgan fingerprint density at radius 2 is 2.17 bits per heavy atom. The lowest BCUT2D eigenvalue weighted by Gasteiger charge is -1.80. The molecule has 0 radical (unpaired) electrons. The van der Waals surface area contributed by atoms with Gasteiger partial charge in [-0.05, 0) is 6.92 Å². The molecule has 0 aliphatic heterocycles. The van der Waals surface area contributed by atoms with Gasteiger partial charge in [0.1, 0.15) is 11.8 Å². The molecule has 0 amide bonds. The summed E-state index contributed by atoms with van der Waals surface area (Å²) in [5.74, 6) is -0.0741. The molecule has 1 unspecified atom stereocenters. The lowest BCUT2D eigenvalue weighted by Crippen LogP contribution is -2.02. The maximum Gasteiger partial charge on any atom is 0.316 e. The molecule has 0 heterocycles. The number of alkyl halides is 1. The van der Waals surface area contributed by atoms with E-state index < -0.39 is 0 Å². The molecule has 1 atom stereocenters. The molecule has 0 fully saturated rings. The zero-order valence-corrected chi connectivity index (χ0v) is 5.16. The summed E-state index contributed by atoms with van der Waals surface area (Å²) in [5.41, 5.74) is 0. The first kappa shape index (κ1) is 6.02. The molecule has 0 aliphatic carbocycles. The van der Waals surface area contributed by atoms with Crippen LogP contribution in [-0.4, -0.2) is 10.6 Å². The standard InChI is InChI=1S/C4H6BrO/c1-3(5)4(2)6/h3H,2H2,1H3/q+1. The minimum absolute atomic E-state index is 0.0741. The zero-order valence-electron chi connectivity index (χ0n) is 3.57. The Labute approximate surface area is 45.9 Å². The number of ketones is 1. The van der Waals surface area contributed by atoms with Crippen LogP contribution in [0.1, 0.15) is 6.92 Å². The fraction of sp³-hybridized carbons (Fsp3) is 0.500. The summed E-state index contributed by atoms with van der Waals surface area (Å²) in [7, 11) is 0. The van der Waals surface area contributed by atoms with Gasteiger partial charge in [0.25, 0.3) is 0 Å². The quantitative estimate of drug-likeness (QED) is 0.405. The highest BCUT2D eigenvalue weighted by atomic mass is 79.9. The fourth-order valence-corrected chi connectivity index (χ4v) is 0. The number of carbonyl (C=O) groups excluding carboxylic acids is 1. The number of hydrogen-bond acceptors (Lipinski definition) is 1. The van der Waals surface area contributed by atoms with Gasteiger partial charge in [0.2, 0.25) is 0 Å². The predicted molar refractivity (Wildman–Crippen MR) is 28.8 cm³/mol. The first-order valence-corrected chi connectivity index (χ1v) is 2.56. The average molecular weight is 150 g/mol. The molecule has 0 saturated heterocycles. The maximum atomic E-state index is 9.99. The van der Waals surface area contributed by atoms with Gasteiger partial charge in [-0.25, -0.2) is 4.79 Å². The van der Waals surface area contributed by atoms with Gasteiger partial charge in [-0.1, -0.05) is 15.9 Å². The average Bonchev–Trinajstić information content (AvgIpc) is 1.36. The van der Waals surface area contributed by atoms with Crippen LogP contribution in [0.3, 0.4) is 0 Å². The van der Waals surface area contributed by atoms with Crippen LogP contribution in [0.4, 0.5) is 0 Å².